The van der Waals surface area contributed by atoms with Gasteiger partial charge in [0.2, 0.25) is 9.84 Å². The van der Waals surface area contributed by atoms with Gasteiger partial charge in [-0.2, -0.15) is 0 Å². The van der Waals surface area contributed by atoms with Crippen LogP contribution in [0.3, 0.4) is 0 Å². The summed E-state index contributed by atoms with van der Waals surface area (Å²) < 4.78 is 25.9. The number of anilines is 1. The first-order valence-electron chi connectivity index (χ1n) is 7.97. The molecule has 1 fully saturated rings. The standard InChI is InChI=1S/C17H19N3O4S/c1-2-24-20-17(21)16-13(18)10-14(15(19-16)11-8-9-11)25(22,23)12-6-4-3-5-7-12/h3-7,10-11H,2,8-9,18H2,1H3,(H,20,21). The third-order valence-electron chi connectivity index (χ3n) is 3.88. The van der Waals surface area contributed by atoms with Crippen LogP contribution in [0.2, 0.25) is 0 Å². The Hall–Kier alpha value is -2.45. The number of sulfone groups is 1. The van der Waals surface area contributed by atoms with Crippen LogP contribution in [0.25, 0.3) is 0 Å². The van der Waals surface area contributed by atoms with E-state index in [4.69, 9.17) is 10.6 Å². The van der Waals surface area contributed by atoms with Crippen LogP contribution in [0.5, 0.6) is 0 Å². The number of rotatable bonds is 6. The van der Waals surface area contributed by atoms with Crippen LogP contribution in [-0.2, 0) is 14.7 Å². The van der Waals surface area contributed by atoms with Crippen molar-refractivity contribution in [1.29, 1.82) is 0 Å². The minimum absolute atomic E-state index is 0.00360. The number of nitrogen functional groups attached to an aromatic ring is 1. The highest BCUT2D eigenvalue weighted by Crippen LogP contribution is 2.43. The van der Waals surface area contributed by atoms with E-state index in [-0.39, 0.29) is 27.1 Å². The van der Waals surface area contributed by atoms with E-state index >= 15 is 0 Å². The number of hydrogen-bond acceptors (Lipinski definition) is 6. The third-order valence-corrected chi connectivity index (χ3v) is 5.67. The van der Waals surface area contributed by atoms with Crippen molar-refractivity contribution in [2.75, 3.05) is 12.3 Å². The van der Waals surface area contributed by atoms with Gasteiger partial charge in [0.1, 0.15) is 0 Å². The van der Waals surface area contributed by atoms with Crippen LogP contribution in [0.1, 0.15) is 41.9 Å². The molecule has 1 aromatic carbocycles. The maximum absolute atomic E-state index is 13.0. The molecule has 1 heterocycles. The molecule has 0 saturated heterocycles. The lowest BCUT2D eigenvalue weighted by atomic mass is 10.2. The van der Waals surface area contributed by atoms with Crippen LogP contribution in [0.15, 0.2) is 46.2 Å². The number of nitrogens with zero attached hydrogens (tertiary/aromatic N) is 1. The summed E-state index contributed by atoms with van der Waals surface area (Å²) in [5.74, 6) is -0.572. The fraction of sp³-hybridized carbons (Fsp3) is 0.294. The molecule has 0 unspecified atom stereocenters. The first kappa shape index (κ1) is 17.4. The Morgan fingerprint density at radius 3 is 2.60 bits per heavy atom. The van der Waals surface area contributed by atoms with Gasteiger partial charge in [0, 0.05) is 5.92 Å². The molecule has 2 aromatic rings. The number of carbonyl (C=O) groups is 1. The average Bonchev–Trinajstić information content (AvgIpc) is 3.45. The molecule has 3 N–H and O–H groups in total. The van der Waals surface area contributed by atoms with Crippen molar-refractivity contribution in [2.45, 2.75) is 35.5 Å². The number of hydrogen-bond donors (Lipinski definition) is 2. The SMILES string of the molecule is CCONC(=O)c1nc(C2CC2)c(S(=O)(=O)c2ccccc2)cc1N. The van der Waals surface area contributed by atoms with Crippen LogP contribution in [0.4, 0.5) is 5.69 Å². The summed E-state index contributed by atoms with van der Waals surface area (Å²) in [7, 11) is -3.76. The zero-order valence-corrected chi connectivity index (χ0v) is 14.5. The molecule has 0 aliphatic heterocycles. The van der Waals surface area contributed by atoms with Gasteiger partial charge < -0.3 is 5.73 Å². The van der Waals surface area contributed by atoms with Gasteiger partial charge in [0.05, 0.1) is 27.8 Å². The number of nitrogens with one attached hydrogen (secondary N) is 1. The summed E-state index contributed by atoms with van der Waals surface area (Å²) in [5.41, 5.74) is 8.51. The number of carbonyl (C=O) groups excluding carboxylic acids is 1. The molecule has 1 saturated carbocycles. The van der Waals surface area contributed by atoms with Crippen LogP contribution < -0.4 is 11.2 Å². The molecule has 1 aliphatic rings. The molecule has 3 rings (SSSR count). The molecule has 0 bridgehead atoms. The Morgan fingerprint density at radius 2 is 2.00 bits per heavy atom. The summed E-state index contributed by atoms with van der Waals surface area (Å²) in [6.45, 7) is 2.02. The number of nitrogens with two attached hydrogens (primary N) is 1. The molecule has 0 radical (unpaired) electrons. The second-order valence-corrected chi connectivity index (χ2v) is 7.68. The molecule has 7 nitrogen and oxygen atoms in total. The van der Waals surface area contributed by atoms with Crippen molar-refractivity contribution in [3.63, 3.8) is 0 Å². The van der Waals surface area contributed by atoms with Crippen molar-refractivity contribution < 1.29 is 18.0 Å². The molecule has 0 atom stereocenters. The Bertz CT molecular complexity index is 894. The number of pyridine rings is 1. The van der Waals surface area contributed by atoms with Gasteiger partial charge in [0.15, 0.2) is 5.69 Å². The monoisotopic (exact) mass is 361 g/mol. The van der Waals surface area contributed by atoms with E-state index < -0.39 is 15.7 Å². The largest absolute Gasteiger partial charge is 0.397 e. The van der Waals surface area contributed by atoms with Crippen LogP contribution in [-0.4, -0.2) is 25.9 Å². The Kier molecular flexibility index (Phi) is 4.73. The highest BCUT2D eigenvalue weighted by atomic mass is 32.2. The van der Waals surface area contributed by atoms with E-state index in [0.29, 0.717) is 12.3 Å². The van der Waals surface area contributed by atoms with Gasteiger partial charge in [-0.05, 0) is 38.0 Å². The van der Waals surface area contributed by atoms with E-state index in [2.05, 4.69) is 10.5 Å². The number of hydroxylamine groups is 1. The Labute approximate surface area is 146 Å². The normalized spacial score (nSPS) is 14.3. The second-order valence-electron chi connectivity index (χ2n) is 5.76. The Morgan fingerprint density at radius 1 is 1.32 bits per heavy atom. The quantitative estimate of drug-likeness (QED) is 0.762. The first-order chi connectivity index (χ1) is 11.9. The second kappa shape index (κ2) is 6.81. The van der Waals surface area contributed by atoms with Crippen molar-refractivity contribution in [2.24, 2.45) is 0 Å². The summed E-state index contributed by atoms with van der Waals surface area (Å²) in [4.78, 5) is 21.5. The molecule has 8 heteroatoms. The summed E-state index contributed by atoms with van der Waals surface area (Å²) in [5, 5.41) is 0. The van der Waals surface area contributed by atoms with Crippen LogP contribution in [0, 0.1) is 0 Å². The number of aromatic nitrogens is 1. The number of amides is 1. The molecular weight excluding hydrogens is 342 g/mol. The van der Waals surface area contributed by atoms with Crippen molar-refractivity contribution in [1.82, 2.24) is 10.5 Å². The van der Waals surface area contributed by atoms with Gasteiger partial charge in [-0.15, -0.1) is 0 Å². The van der Waals surface area contributed by atoms with E-state index in [9.17, 15) is 13.2 Å². The molecule has 0 spiro atoms. The zero-order chi connectivity index (χ0) is 18.0. The minimum Gasteiger partial charge on any atom is -0.397 e. The smallest absolute Gasteiger partial charge is 0.295 e. The maximum Gasteiger partial charge on any atom is 0.295 e. The molecule has 1 amide bonds. The van der Waals surface area contributed by atoms with Crippen molar-refractivity contribution >= 4 is 21.4 Å². The summed E-state index contributed by atoms with van der Waals surface area (Å²) in [6, 6.07) is 9.43. The van der Waals surface area contributed by atoms with Crippen LogP contribution >= 0.6 is 0 Å². The van der Waals surface area contributed by atoms with E-state index in [1.165, 1.54) is 18.2 Å². The highest BCUT2D eigenvalue weighted by Gasteiger charge is 2.34. The molecule has 132 valence electrons. The van der Waals surface area contributed by atoms with E-state index in [0.717, 1.165) is 12.8 Å². The van der Waals surface area contributed by atoms with Gasteiger partial charge in [-0.25, -0.2) is 18.9 Å². The minimum atomic E-state index is -3.76. The average molecular weight is 361 g/mol. The van der Waals surface area contributed by atoms with E-state index in [1.807, 2.05) is 0 Å². The van der Waals surface area contributed by atoms with Crippen molar-refractivity contribution in [3.05, 3.63) is 47.8 Å². The molecule has 25 heavy (non-hydrogen) atoms. The lowest BCUT2D eigenvalue weighted by Crippen LogP contribution is -2.26. The maximum atomic E-state index is 13.0. The van der Waals surface area contributed by atoms with Gasteiger partial charge in [0.25, 0.3) is 5.91 Å². The van der Waals surface area contributed by atoms with Gasteiger partial charge in [-0.3, -0.25) is 9.63 Å². The first-order valence-corrected chi connectivity index (χ1v) is 9.46. The highest BCUT2D eigenvalue weighted by molar-refractivity contribution is 7.91. The molecule has 1 aliphatic carbocycles. The number of benzene rings is 1. The summed E-state index contributed by atoms with van der Waals surface area (Å²) in [6.07, 6.45) is 1.67. The summed E-state index contributed by atoms with van der Waals surface area (Å²) >= 11 is 0. The predicted molar refractivity (Wildman–Crippen MR) is 91.6 cm³/mol. The predicted octanol–water partition coefficient (Wildman–Crippen LogP) is 2.06. The molecular formula is C17H19N3O4S. The fourth-order valence-electron chi connectivity index (χ4n) is 2.48. The Balaban J connectivity index is 2.09. The lowest BCUT2D eigenvalue weighted by Gasteiger charge is -2.13. The lowest BCUT2D eigenvalue weighted by molar-refractivity contribution is 0.0360. The topological polar surface area (TPSA) is 111 Å². The third kappa shape index (κ3) is 3.49. The van der Waals surface area contributed by atoms with E-state index in [1.54, 1.807) is 25.1 Å². The fourth-order valence-corrected chi connectivity index (χ4v) is 4.02. The van der Waals surface area contributed by atoms with Crippen molar-refractivity contribution in [3.8, 4) is 0 Å². The zero-order valence-electron chi connectivity index (χ0n) is 13.7. The van der Waals surface area contributed by atoms with Gasteiger partial charge in [-0.1, -0.05) is 18.2 Å². The van der Waals surface area contributed by atoms with Gasteiger partial charge >= 0.3 is 0 Å². The molecule has 1 aromatic heterocycles.